The number of ether oxygens (including phenoxy) is 1. The normalized spacial score (nSPS) is 53.1. The highest BCUT2D eigenvalue weighted by atomic mass is 16.5. The molecule has 5 rings (SSSR count). The van der Waals surface area contributed by atoms with Gasteiger partial charge < -0.3 is 9.84 Å². The third-order valence-corrected chi connectivity index (χ3v) is 13.5. The van der Waals surface area contributed by atoms with E-state index in [0.29, 0.717) is 30.6 Å². The number of fused-ring (bicyclic) bond motifs is 7. The topological polar surface area (TPSA) is 80.7 Å². The molecule has 4 saturated carbocycles. The van der Waals surface area contributed by atoms with Gasteiger partial charge in [-0.3, -0.25) is 14.4 Å². The molecule has 5 nitrogen and oxygen atoms in total. The fraction of sp³-hybridized carbons (Fsp3) is 0.844. The molecule has 5 aliphatic carbocycles. The lowest BCUT2D eigenvalue weighted by molar-refractivity contribution is -0.220. The minimum Gasteiger partial charge on any atom is -0.481 e. The van der Waals surface area contributed by atoms with Crippen molar-refractivity contribution in [3.05, 3.63) is 11.6 Å². The van der Waals surface area contributed by atoms with E-state index in [9.17, 15) is 19.5 Å². The summed E-state index contributed by atoms with van der Waals surface area (Å²) in [6, 6.07) is 0. The fourth-order valence-electron chi connectivity index (χ4n) is 11.0. The zero-order valence-corrected chi connectivity index (χ0v) is 24.3. The molecule has 37 heavy (non-hydrogen) atoms. The van der Waals surface area contributed by atoms with E-state index >= 15 is 0 Å². The molecule has 0 aliphatic heterocycles. The van der Waals surface area contributed by atoms with Crippen molar-refractivity contribution in [2.75, 3.05) is 0 Å². The molecule has 5 heteroatoms. The van der Waals surface area contributed by atoms with Gasteiger partial charge in [-0.1, -0.05) is 47.1 Å². The molecule has 206 valence electrons. The number of carbonyl (C=O) groups excluding carboxylic acids is 2. The van der Waals surface area contributed by atoms with Crippen LogP contribution in [-0.2, 0) is 19.1 Å². The van der Waals surface area contributed by atoms with Crippen molar-refractivity contribution in [2.45, 2.75) is 113 Å². The predicted octanol–water partition coefficient (Wildman–Crippen LogP) is 6.84. The highest BCUT2D eigenvalue weighted by Crippen LogP contribution is 2.75. The fourth-order valence-corrected chi connectivity index (χ4v) is 11.0. The molecule has 0 radical (unpaired) electrons. The Hall–Kier alpha value is -1.65. The second-order valence-corrected chi connectivity index (χ2v) is 15.0. The van der Waals surface area contributed by atoms with Gasteiger partial charge in [0.15, 0.2) is 5.78 Å². The van der Waals surface area contributed by atoms with Crippen molar-refractivity contribution in [1.29, 1.82) is 0 Å². The molecule has 0 aromatic heterocycles. The third-order valence-electron chi connectivity index (χ3n) is 13.5. The van der Waals surface area contributed by atoms with Gasteiger partial charge in [-0.15, -0.1) is 0 Å². The SMILES string of the molecule is CC(=O)O[C@@H]1CC[C@@]2(C)[C@@H](CC[C@]3(C)[C@@H]2C(=O)C=C2[C@H]4[C@H](C)[C@H](C)CC[C@]4(C)CC[C@]23C)[C@@]1(C)C(=O)O. The molecular weight excluding hydrogens is 464 g/mol. The Morgan fingerprint density at radius 2 is 1.62 bits per heavy atom. The quantitative estimate of drug-likeness (QED) is 0.410. The van der Waals surface area contributed by atoms with Gasteiger partial charge in [0.05, 0.1) is 0 Å². The van der Waals surface area contributed by atoms with E-state index in [-0.39, 0.29) is 33.9 Å². The maximum Gasteiger partial charge on any atom is 0.313 e. The van der Waals surface area contributed by atoms with Crippen molar-refractivity contribution in [1.82, 2.24) is 0 Å². The van der Waals surface area contributed by atoms with E-state index in [2.05, 4.69) is 47.6 Å². The summed E-state index contributed by atoms with van der Waals surface area (Å²) >= 11 is 0. The Balaban J connectivity index is 1.62. The minimum atomic E-state index is -1.20. The number of allylic oxidation sites excluding steroid dienone is 2. The summed E-state index contributed by atoms with van der Waals surface area (Å²) in [6.45, 7) is 17.4. The molecule has 0 spiro atoms. The molecule has 0 saturated heterocycles. The van der Waals surface area contributed by atoms with Gasteiger partial charge in [0.25, 0.3) is 0 Å². The van der Waals surface area contributed by atoms with Gasteiger partial charge in [0.1, 0.15) is 11.5 Å². The molecule has 11 atom stereocenters. The van der Waals surface area contributed by atoms with Crippen LogP contribution in [-0.4, -0.2) is 28.9 Å². The van der Waals surface area contributed by atoms with E-state index in [1.807, 2.05) is 0 Å². The summed E-state index contributed by atoms with van der Waals surface area (Å²) in [4.78, 5) is 39.1. The lowest BCUT2D eigenvalue weighted by atomic mass is 9.33. The number of aliphatic carboxylic acids is 1. The standard InChI is InChI=1S/C32H48O5/c1-18-9-12-28(4)15-16-30(6)21(25(28)19(18)2)17-22(34)26-29(5)13-11-24(37-20(3)33)32(8,27(35)36)23(29)10-14-31(26,30)7/h17-19,23-26H,9-16H2,1-8H3,(H,35,36)/t18-,19-,23-,24-,25-,26-,28-,29+,30-,31-,32-/m1/s1. The molecule has 0 aromatic rings. The first-order valence-corrected chi connectivity index (χ1v) is 14.7. The van der Waals surface area contributed by atoms with Gasteiger partial charge in [0, 0.05) is 12.8 Å². The van der Waals surface area contributed by atoms with Crippen molar-refractivity contribution in [3.8, 4) is 0 Å². The monoisotopic (exact) mass is 512 g/mol. The summed E-state index contributed by atoms with van der Waals surface area (Å²) in [6.07, 6.45) is 8.96. The molecule has 0 bridgehead atoms. The van der Waals surface area contributed by atoms with Gasteiger partial charge in [0.2, 0.25) is 0 Å². The Labute approximate surface area is 223 Å². The van der Waals surface area contributed by atoms with Crippen molar-refractivity contribution < 1.29 is 24.2 Å². The van der Waals surface area contributed by atoms with Crippen molar-refractivity contribution >= 4 is 17.7 Å². The summed E-state index contributed by atoms with van der Waals surface area (Å²) in [7, 11) is 0. The number of hydrogen-bond acceptors (Lipinski definition) is 4. The molecule has 1 N–H and O–H groups in total. The number of rotatable bonds is 2. The lowest BCUT2D eigenvalue weighted by Gasteiger charge is -2.70. The van der Waals surface area contributed by atoms with Crippen LogP contribution in [0, 0.1) is 56.7 Å². The molecule has 0 unspecified atom stereocenters. The maximum atomic E-state index is 14.4. The van der Waals surface area contributed by atoms with Crippen LogP contribution >= 0.6 is 0 Å². The first kappa shape index (κ1) is 26.9. The summed E-state index contributed by atoms with van der Waals surface area (Å²) in [5.74, 6) is 0.0756. The summed E-state index contributed by atoms with van der Waals surface area (Å²) in [5, 5.41) is 10.5. The molecule has 5 aliphatic rings. The van der Waals surface area contributed by atoms with Crippen LogP contribution in [0.15, 0.2) is 11.6 Å². The minimum absolute atomic E-state index is 0.0680. The highest BCUT2D eigenvalue weighted by molar-refractivity contribution is 5.96. The number of hydrogen-bond donors (Lipinski definition) is 1. The molecule has 0 aromatic carbocycles. The van der Waals surface area contributed by atoms with Gasteiger partial charge in [-0.05, 0) is 110 Å². The zero-order valence-electron chi connectivity index (χ0n) is 24.3. The van der Waals surface area contributed by atoms with E-state index in [1.165, 1.54) is 31.8 Å². The Bertz CT molecular complexity index is 1060. The number of carboxylic acid groups (broad SMARTS) is 1. The average Bonchev–Trinajstić information content (AvgIpc) is 2.79. The first-order chi connectivity index (χ1) is 17.1. The number of esters is 1. The number of carbonyl (C=O) groups is 3. The third kappa shape index (κ3) is 3.30. The van der Waals surface area contributed by atoms with Crippen LogP contribution in [0.1, 0.15) is 107 Å². The molecular formula is C32H48O5. The van der Waals surface area contributed by atoms with E-state index < -0.39 is 28.9 Å². The van der Waals surface area contributed by atoms with Gasteiger partial charge >= 0.3 is 11.9 Å². The maximum absolute atomic E-state index is 14.4. The van der Waals surface area contributed by atoms with Crippen LogP contribution < -0.4 is 0 Å². The highest BCUT2D eigenvalue weighted by Gasteiger charge is 2.72. The first-order valence-electron chi connectivity index (χ1n) is 14.7. The molecule has 0 heterocycles. The van der Waals surface area contributed by atoms with Crippen LogP contribution in [0.4, 0.5) is 0 Å². The van der Waals surface area contributed by atoms with Crippen LogP contribution in [0.3, 0.4) is 0 Å². The Kier molecular flexibility index (Phi) is 5.95. The van der Waals surface area contributed by atoms with Gasteiger partial charge in [-0.25, -0.2) is 0 Å². The number of ketones is 1. The number of carboxylic acids is 1. The predicted molar refractivity (Wildman–Crippen MR) is 143 cm³/mol. The van der Waals surface area contributed by atoms with E-state index in [0.717, 1.165) is 19.3 Å². The summed E-state index contributed by atoms with van der Waals surface area (Å²) < 4.78 is 5.63. The second-order valence-electron chi connectivity index (χ2n) is 15.0. The molecule has 4 fully saturated rings. The van der Waals surface area contributed by atoms with Crippen molar-refractivity contribution in [2.24, 2.45) is 56.7 Å². The van der Waals surface area contributed by atoms with E-state index in [4.69, 9.17) is 4.74 Å². The molecule has 0 amide bonds. The van der Waals surface area contributed by atoms with Crippen molar-refractivity contribution in [3.63, 3.8) is 0 Å². The summed E-state index contributed by atoms with van der Waals surface area (Å²) in [5.41, 5.74) is -0.280. The lowest BCUT2D eigenvalue weighted by Crippen LogP contribution is -2.68. The van der Waals surface area contributed by atoms with Crippen LogP contribution in [0.5, 0.6) is 0 Å². The largest absolute Gasteiger partial charge is 0.481 e. The second kappa shape index (κ2) is 8.18. The average molecular weight is 513 g/mol. The smallest absolute Gasteiger partial charge is 0.313 e. The van der Waals surface area contributed by atoms with Crippen LogP contribution in [0.2, 0.25) is 0 Å². The zero-order chi connectivity index (χ0) is 27.3. The Morgan fingerprint density at radius 1 is 0.946 bits per heavy atom. The Morgan fingerprint density at radius 3 is 2.24 bits per heavy atom. The van der Waals surface area contributed by atoms with Gasteiger partial charge in [-0.2, -0.15) is 0 Å². The van der Waals surface area contributed by atoms with E-state index in [1.54, 1.807) is 6.92 Å². The van der Waals surface area contributed by atoms with Crippen LogP contribution in [0.25, 0.3) is 0 Å².